The first kappa shape index (κ1) is 36.6. The summed E-state index contributed by atoms with van der Waals surface area (Å²) >= 11 is 0. The van der Waals surface area contributed by atoms with Crippen molar-refractivity contribution in [1.29, 1.82) is 0 Å². The lowest BCUT2D eigenvalue weighted by Gasteiger charge is -2.34. The number of anilines is 3. The van der Waals surface area contributed by atoms with Crippen molar-refractivity contribution in [2.24, 2.45) is 0 Å². The van der Waals surface area contributed by atoms with Crippen LogP contribution in [0.4, 0.5) is 17.1 Å². The first-order valence-electron chi connectivity index (χ1n) is 21.8. The minimum Gasteiger partial charge on any atom is -0.310 e. The van der Waals surface area contributed by atoms with Crippen LogP contribution in [-0.2, 0) is 5.41 Å². The number of rotatable bonds is 8. The number of hydrogen-bond donors (Lipinski definition) is 0. The van der Waals surface area contributed by atoms with Crippen molar-refractivity contribution >= 4 is 38.9 Å². The molecule has 10 aromatic carbocycles. The first-order valence-corrected chi connectivity index (χ1v) is 21.8. The predicted octanol–water partition coefficient (Wildman–Crippen LogP) is 16.0. The second-order valence-electron chi connectivity index (χ2n) is 16.5. The molecule has 0 saturated heterocycles. The summed E-state index contributed by atoms with van der Waals surface area (Å²) in [4.78, 5) is 2.42. The number of hydrogen-bond acceptors (Lipinski definition) is 1. The normalized spacial score (nSPS) is 12.6. The van der Waals surface area contributed by atoms with E-state index < -0.39 is 5.41 Å². The molecule has 2 heteroatoms. The molecule has 0 unspecified atom stereocenters. The van der Waals surface area contributed by atoms with Crippen LogP contribution in [0.3, 0.4) is 0 Å². The molecule has 0 spiro atoms. The molecule has 0 aliphatic heterocycles. The summed E-state index contributed by atoms with van der Waals surface area (Å²) in [6.07, 6.45) is 0. The first-order chi connectivity index (χ1) is 31.3. The van der Waals surface area contributed by atoms with Crippen LogP contribution in [-0.4, -0.2) is 4.57 Å². The monoisotopic (exact) mass is 802 g/mol. The molecule has 1 heterocycles. The molecule has 11 aromatic rings. The zero-order valence-corrected chi connectivity index (χ0v) is 34.6. The van der Waals surface area contributed by atoms with Gasteiger partial charge in [-0.25, -0.2) is 0 Å². The lowest BCUT2D eigenvalue weighted by atomic mass is 9.68. The standard InChI is InChI=1S/C61H42N2/c1-5-18-43(19-6-1)44-32-35-50(36-33-44)62(51-27-17-20-45(40-51)46-34-39-60-56(41-46)54-29-14-16-31-59(54)63(60)49-25-11-4-12-26-49)52-37-38-58-55(42-52)53-28-13-15-30-57(53)61(58,47-21-7-2-8-22-47)48-23-9-3-10-24-48/h1-42H. The maximum atomic E-state index is 2.42. The van der Waals surface area contributed by atoms with E-state index in [1.165, 1.54) is 71.9 Å². The Morgan fingerprint density at radius 1 is 0.302 bits per heavy atom. The lowest BCUT2D eigenvalue weighted by Crippen LogP contribution is -2.28. The third-order valence-corrected chi connectivity index (χ3v) is 13.1. The second-order valence-corrected chi connectivity index (χ2v) is 16.5. The van der Waals surface area contributed by atoms with Crippen LogP contribution < -0.4 is 4.90 Å². The van der Waals surface area contributed by atoms with Crippen molar-refractivity contribution in [1.82, 2.24) is 4.57 Å². The van der Waals surface area contributed by atoms with E-state index in [1.54, 1.807) is 0 Å². The summed E-state index contributed by atoms with van der Waals surface area (Å²) < 4.78 is 2.38. The highest BCUT2D eigenvalue weighted by Crippen LogP contribution is 2.57. The van der Waals surface area contributed by atoms with Crippen LogP contribution in [0.2, 0.25) is 0 Å². The van der Waals surface area contributed by atoms with E-state index >= 15 is 0 Å². The van der Waals surface area contributed by atoms with Crippen LogP contribution in [0.5, 0.6) is 0 Å². The molecule has 0 fully saturated rings. The van der Waals surface area contributed by atoms with Gasteiger partial charge in [0.2, 0.25) is 0 Å². The number of nitrogens with zero attached hydrogens (tertiary/aromatic N) is 2. The molecule has 0 radical (unpaired) electrons. The maximum absolute atomic E-state index is 2.42. The number of benzene rings is 10. The number of fused-ring (bicyclic) bond motifs is 6. The van der Waals surface area contributed by atoms with Gasteiger partial charge in [0.25, 0.3) is 0 Å². The Balaban J connectivity index is 1.04. The molecule has 0 amide bonds. The van der Waals surface area contributed by atoms with E-state index in [2.05, 4.69) is 264 Å². The minimum atomic E-state index is -0.461. The highest BCUT2D eigenvalue weighted by atomic mass is 15.1. The van der Waals surface area contributed by atoms with Crippen molar-refractivity contribution in [3.8, 4) is 39.1 Å². The quantitative estimate of drug-likeness (QED) is 0.149. The molecule has 2 nitrogen and oxygen atoms in total. The summed E-state index contributed by atoms with van der Waals surface area (Å²) in [6.45, 7) is 0. The SMILES string of the molecule is c1ccc(-c2ccc(N(c3cccc(-c4ccc5c(c4)c4ccccc4n5-c4ccccc4)c3)c3ccc4c(c3)-c3ccccc3C4(c3ccccc3)c3ccccc3)cc2)cc1. The molecule has 63 heavy (non-hydrogen) atoms. The largest absolute Gasteiger partial charge is 0.310 e. The highest BCUT2D eigenvalue weighted by molar-refractivity contribution is 6.10. The fraction of sp³-hybridized carbons (Fsp3) is 0.0164. The van der Waals surface area contributed by atoms with Crippen molar-refractivity contribution < 1.29 is 0 Å². The molecule has 0 saturated carbocycles. The number of aromatic nitrogens is 1. The lowest BCUT2D eigenvalue weighted by molar-refractivity contribution is 0.768. The van der Waals surface area contributed by atoms with Gasteiger partial charge in [-0.15, -0.1) is 0 Å². The van der Waals surface area contributed by atoms with Crippen molar-refractivity contribution in [3.63, 3.8) is 0 Å². The molecule has 1 aliphatic rings. The molecule has 12 rings (SSSR count). The van der Waals surface area contributed by atoms with Gasteiger partial charge < -0.3 is 9.47 Å². The van der Waals surface area contributed by atoms with Gasteiger partial charge in [0.1, 0.15) is 0 Å². The van der Waals surface area contributed by atoms with Crippen molar-refractivity contribution in [2.45, 2.75) is 5.41 Å². The van der Waals surface area contributed by atoms with E-state index in [4.69, 9.17) is 0 Å². The van der Waals surface area contributed by atoms with Crippen LogP contribution in [0.25, 0.3) is 60.9 Å². The van der Waals surface area contributed by atoms with Crippen LogP contribution in [0.15, 0.2) is 255 Å². The van der Waals surface area contributed by atoms with Crippen LogP contribution in [0.1, 0.15) is 22.3 Å². The fourth-order valence-corrected chi connectivity index (χ4v) is 10.3. The van der Waals surface area contributed by atoms with Gasteiger partial charge in [0.15, 0.2) is 0 Å². The Morgan fingerprint density at radius 2 is 0.825 bits per heavy atom. The van der Waals surface area contributed by atoms with Crippen LogP contribution >= 0.6 is 0 Å². The van der Waals surface area contributed by atoms with Gasteiger partial charge in [-0.3, -0.25) is 0 Å². The Morgan fingerprint density at radius 3 is 1.57 bits per heavy atom. The Bertz CT molecular complexity index is 3380. The van der Waals surface area contributed by atoms with Crippen molar-refractivity contribution in [2.75, 3.05) is 4.90 Å². The van der Waals surface area contributed by atoms with E-state index in [-0.39, 0.29) is 0 Å². The molecule has 1 aromatic heterocycles. The molecule has 0 atom stereocenters. The molecule has 0 N–H and O–H groups in total. The van der Waals surface area contributed by atoms with E-state index in [9.17, 15) is 0 Å². The van der Waals surface area contributed by atoms with Crippen LogP contribution in [0, 0.1) is 0 Å². The Labute approximate surface area is 368 Å². The smallest absolute Gasteiger partial charge is 0.0713 e. The average Bonchev–Trinajstić information content (AvgIpc) is 3.86. The summed E-state index contributed by atoms with van der Waals surface area (Å²) in [5, 5.41) is 2.48. The minimum absolute atomic E-state index is 0.461. The summed E-state index contributed by atoms with van der Waals surface area (Å²) in [5.41, 5.74) is 18.8. The van der Waals surface area contributed by atoms with E-state index in [0.29, 0.717) is 0 Å². The van der Waals surface area contributed by atoms with E-state index in [1.807, 2.05) is 0 Å². The van der Waals surface area contributed by atoms with Gasteiger partial charge in [-0.05, 0) is 122 Å². The molecule has 296 valence electrons. The molecule has 1 aliphatic carbocycles. The average molecular weight is 803 g/mol. The third kappa shape index (κ3) is 5.95. The summed E-state index contributed by atoms with van der Waals surface area (Å²) in [5.74, 6) is 0. The maximum Gasteiger partial charge on any atom is 0.0713 e. The second kappa shape index (κ2) is 15.1. The third-order valence-electron chi connectivity index (χ3n) is 13.1. The Hall–Kier alpha value is -8.20. The fourth-order valence-electron chi connectivity index (χ4n) is 10.3. The van der Waals surface area contributed by atoms with E-state index in [0.717, 1.165) is 28.3 Å². The van der Waals surface area contributed by atoms with Gasteiger partial charge in [-0.1, -0.05) is 188 Å². The van der Waals surface area contributed by atoms with Gasteiger partial charge in [0, 0.05) is 33.5 Å². The molecule has 0 bridgehead atoms. The number of para-hydroxylation sites is 2. The van der Waals surface area contributed by atoms with Crippen molar-refractivity contribution in [3.05, 3.63) is 277 Å². The summed E-state index contributed by atoms with van der Waals surface area (Å²) in [7, 11) is 0. The highest BCUT2D eigenvalue weighted by Gasteiger charge is 2.46. The zero-order chi connectivity index (χ0) is 41.7. The Kier molecular flexibility index (Phi) is 8.76. The predicted molar refractivity (Wildman–Crippen MR) is 264 cm³/mol. The molecular weight excluding hydrogens is 761 g/mol. The zero-order valence-electron chi connectivity index (χ0n) is 34.6. The van der Waals surface area contributed by atoms with Gasteiger partial charge in [0.05, 0.1) is 16.4 Å². The molecular formula is C61H42N2. The van der Waals surface area contributed by atoms with Gasteiger partial charge in [-0.2, -0.15) is 0 Å². The topological polar surface area (TPSA) is 8.17 Å². The van der Waals surface area contributed by atoms with Gasteiger partial charge >= 0.3 is 0 Å². The summed E-state index contributed by atoms with van der Waals surface area (Å²) in [6, 6.07) is 93.2.